The highest BCUT2D eigenvalue weighted by molar-refractivity contribution is 6.35. The van der Waals surface area contributed by atoms with E-state index in [1.54, 1.807) is 18.6 Å². The molecular weight excluding hydrogens is 236 g/mol. The van der Waals surface area contributed by atoms with Crippen LogP contribution in [0.3, 0.4) is 0 Å². The van der Waals surface area contributed by atoms with Crippen molar-refractivity contribution in [2.45, 2.75) is 6.92 Å². The van der Waals surface area contributed by atoms with Crippen LogP contribution in [-0.4, -0.2) is 20.2 Å². The summed E-state index contributed by atoms with van der Waals surface area (Å²) in [4.78, 5) is 8.60. The van der Waals surface area contributed by atoms with Crippen LogP contribution in [0.5, 0.6) is 0 Å². The van der Waals surface area contributed by atoms with E-state index in [0.717, 1.165) is 27.9 Å². The summed E-state index contributed by atoms with van der Waals surface area (Å²) in [5.74, 6) is 0. The van der Waals surface area contributed by atoms with E-state index in [-0.39, 0.29) is 0 Å². The number of aryl methyl sites for hydroxylation is 1. The summed E-state index contributed by atoms with van der Waals surface area (Å²) in [7, 11) is 0. The monoisotopic (exact) mass is 244 g/mol. The Balaban J connectivity index is 2.27. The Morgan fingerprint density at radius 1 is 1.12 bits per heavy atom. The maximum atomic E-state index is 6.08. The Labute approximate surface area is 103 Å². The van der Waals surface area contributed by atoms with Crippen molar-refractivity contribution in [2.24, 2.45) is 0 Å². The number of nitrogens with zero attached hydrogens (tertiary/aromatic N) is 3. The van der Waals surface area contributed by atoms with E-state index in [9.17, 15) is 0 Å². The Bertz CT molecular complexity index is 673. The fourth-order valence-corrected chi connectivity index (χ4v) is 1.96. The fourth-order valence-electron chi connectivity index (χ4n) is 1.76. The first-order chi connectivity index (χ1) is 8.25. The van der Waals surface area contributed by atoms with Crippen molar-refractivity contribution in [1.29, 1.82) is 0 Å². The number of rotatable bonds is 1. The Kier molecular flexibility index (Phi) is 2.30. The van der Waals surface area contributed by atoms with E-state index >= 15 is 0 Å². The third-order valence-corrected chi connectivity index (χ3v) is 2.94. The molecule has 0 unspecified atom stereocenters. The molecule has 84 valence electrons. The molecule has 0 aliphatic heterocycles. The van der Waals surface area contributed by atoms with Gasteiger partial charge in [0.25, 0.3) is 0 Å². The standard InChI is InChI=1S/C12H9ClN4/c1-7-4-15-11(6-14-7)8-2-3-10(13)12-9(8)5-16-17-12/h2-6H,1H3,(H,16,17). The van der Waals surface area contributed by atoms with Crippen molar-refractivity contribution in [3.63, 3.8) is 0 Å². The van der Waals surface area contributed by atoms with Gasteiger partial charge in [-0.2, -0.15) is 5.10 Å². The zero-order valence-electron chi connectivity index (χ0n) is 9.11. The van der Waals surface area contributed by atoms with Gasteiger partial charge in [-0.3, -0.25) is 15.1 Å². The Hall–Kier alpha value is -1.94. The van der Waals surface area contributed by atoms with Crippen LogP contribution in [-0.2, 0) is 0 Å². The lowest BCUT2D eigenvalue weighted by atomic mass is 10.1. The predicted molar refractivity (Wildman–Crippen MR) is 66.9 cm³/mol. The minimum absolute atomic E-state index is 0.654. The van der Waals surface area contributed by atoms with Crippen LogP contribution in [0.25, 0.3) is 22.2 Å². The van der Waals surface area contributed by atoms with Gasteiger partial charge < -0.3 is 0 Å². The molecule has 0 bridgehead atoms. The molecule has 0 radical (unpaired) electrons. The van der Waals surface area contributed by atoms with Gasteiger partial charge in [-0.25, -0.2) is 0 Å². The molecule has 2 heterocycles. The molecular formula is C12H9ClN4. The van der Waals surface area contributed by atoms with Gasteiger partial charge in [-0.1, -0.05) is 17.7 Å². The molecule has 17 heavy (non-hydrogen) atoms. The molecule has 3 aromatic rings. The lowest BCUT2D eigenvalue weighted by Gasteiger charge is -2.03. The van der Waals surface area contributed by atoms with E-state index in [0.29, 0.717) is 5.02 Å². The number of aromatic nitrogens is 4. The highest BCUT2D eigenvalue weighted by Gasteiger charge is 2.09. The molecule has 0 spiro atoms. The molecule has 0 atom stereocenters. The molecule has 0 saturated heterocycles. The van der Waals surface area contributed by atoms with Crippen molar-refractivity contribution in [3.8, 4) is 11.3 Å². The molecule has 2 aromatic heterocycles. The number of fused-ring (bicyclic) bond motifs is 1. The average molecular weight is 245 g/mol. The second-order valence-electron chi connectivity index (χ2n) is 3.80. The van der Waals surface area contributed by atoms with Gasteiger partial charge in [0.05, 0.1) is 34.3 Å². The molecule has 1 aromatic carbocycles. The summed E-state index contributed by atoms with van der Waals surface area (Å²) < 4.78 is 0. The SMILES string of the molecule is Cc1cnc(-c2ccc(Cl)c3[nH]ncc23)cn1. The first kappa shape index (κ1) is 10.2. The van der Waals surface area contributed by atoms with Crippen molar-refractivity contribution in [3.05, 3.63) is 41.4 Å². The van der Waals surface area contributed by atoms with Crippen LogP contribution in [0, 0.1) is 6.92 Å². The molecule has 0 saturated carbocycles. The Morgan fingerprint density at radius 2 is 2.00 bits per heavy atom. The third-order valence-electron chi connectivity index (χ3n) is 2.62. The highest BCUT2D eigenvalue weighted by atomic mass is 35.5. The van der Waals surface area contributed by atoms with Crippen LogP contribution in [0.2, 0.25) is 5.02 Å². The summed E-state index contributed by atoms with van der Waals surface area (Å²) in [6.07, 6.45) is 5.25. The van der Waals surface area contributed by atoms with Gasteiger partial charge in [-0.15, -0.1) is 0 Å². The normalized spacial score (nSPS) is 10.9. The maximum Gasteiger partial charge on any atom is 0.0892 e. The van der Waals surface area contributed by atoms with Crippen LogP contribution in [0.4, 0.5) is 0 Å². The van der Waals surface area contributed by atoms with E-state index in [1.807, 2.05) is 19.1 Å². The van der Waals surface area contributed by atoms with E-state index in [1.165, 1.54) is 0 Å². The molecule has 0 amide bonds. The quantitative estimate of drug-likeness (QED) is 0.716. The smallest absolute Gasteiger partial charge is 0.0892 e. The Morgan fingerprint density at radius 3 is 2.76 bits per heavy atom. The predicted octanol–water partition coefficient (Wildman–Crippen LogP) is 2.98. The van der Waals surface area contributed by atoms with Crippen molar-refractivity contribution < 1.29 is 0 Å². The van der Waals surface area contributed by atoms with Gasteiger partial charge in [0.2, 0.25) is 0 Å². The first-order valence-electron chi connectivity index (χ1n) is 5.16. The topological polar surface area (TPSA) is 54.5 Å². The lowest BCUT2D eigenvalue weighted by molar-refractivity contribution is 1.12. The van der Waals surface area contributed by atoms with Crippen LogP contribution in [0.15, 0.2) is 30.7 Å². The number of halogens is 1. The second kappa shape index (κ2) is 3.82. The molecule has 3 rings (SSSR count). The van der Waals surface area contributed by atoms with Gasteiger partial charge >= 0.3 is 0 Å². The number of hydrogen-bond acceptors (Lipinski definition) is 3. The third kappa shape index (κ3) is 1.66. The maximum absolute atomic E-state index is 6.08. The highest BCUT2D eigenvalue weighted by Crippen LogP contribution is 2.30. The molecule has 4 nitrogen and oxygen atoms in total. The van der Waals surface area contributed by atoms with Gasteiger partial charge in [0.1, 0.15) is 0 Å². The minimum atomic E-state index is 0.654. The molecule has 0 fully saturated rings. The fraction of sp³-hybridized carbons (Fsp3) is 0.0833. The van der Waals surface area contributed by atoms with E-state index < -0.39 is 0 Å². The largest absolute Gasteiger partial charge is 0.276 e. The van der Waals surface area contributed by atoms with Crippen molar-refractivity contribution in [1.82, 2.24) is 20.2 Å². The van der Waals surface area contributed by atoms with Crippen LogP contribution < -0.4 is 0 Å². The molecule has 5 heteroatoms. The van der Waals surface area contributed by atoms with E-state index in [4.69, 9.17) is 11.6 Å². The summed E-state index contributed by atoms with van der Waals surface area (Å²) in [5.41, 5.74) is 3.52. The van der Waals surface area contributed by atoms with Gasteiger partial charge in [0.15, 0.2) is 0 Å². The second-order valence-corrected chi connectivity index (χ2v) is 4.20. The molecule has 0 aliphatic rings. The zero-order valence-corrected chi connectivity index (χ0v) is 9.86. The molecule has 0 aliphatic carbocycles. The minimum Gasteiger partial charge on any atom is -0.276 e. The first-order valence-corrected chi connectivity index (χ1v) is 5.54. The summed E-state index contributed by atoms with van der Waals surface area (Å²) in [6.45, 7) is 1.91. The number of aromatic amines is 1. The van der Waals surface area contributed by atoms with Crippen molar-refractivity contribution >= 4 is 22.5 Å². The lowest BCUT2D eigenvalue weighted by Crippen LogP contribution is -1.88. The van der Waals surface area contributed by atoms with Crippen LogP contribution in [0.1, 0.15) is 5.69 Å². The van der Waals surface area contributed by atoms with E-state index in [2.05, 4.69) is 20.2 Å². The molecule has 1 N–H and O–H groups in total. The van der Waals surface area contributed by atoms with Crippen LogP contribution >= 0.6 is 11.6 Å². The number of benzene rings is 1. The average Bonchev–Trinajstić information content (AvgIpc) is 2.81. The van der Waals surface area contributed by atoms with Gasteiger partial charge in [0, 0.05) is 17.1 Å². The van der Waals surface area contributed by atoms with Crippen molar-refractivity contribution in [2.75, 3.05) is 0 Å². The summed E-state index contributed by atoms with van der Waals surface area (Å²) in [6, 6.07) is 3.76. The zero-order chi connectivity index (χ0) is 11.8. The summed E-state index contributed by atoms with van der Waals surface area (Å²) in [5, 5.41) is 8.50. The van der Waals surface area contributed by atoms with Gasteiger partial charge in [-0.05, 0) is 13.0 Å². The number of hydrogen-bond donors (Lipinski definition) is 1. The number of H-pyrrole nitrogens is 1. The summed E-state index contributed by atoms with van der Waals surface area (Å²) >= 11 is 6.08. The number of nitrogens with one attached hydrogen (secondary N) is 1.